The summed E-state index contributed by atoms with van der Waals surface area (Å²) < 4.78 is 5.14. The van der Waals surface area contributed by atoms with E-state index in [1.54, 1.807) is 36.6 Å². The van der Waals surface area contributed by atoms with Crippen LogP contribution in [0.1, 0.15) is 0 Å². The van der Waals surface area contributed by atoms with Crippen LogP contribution in [0.2, 0.25) is 5.02 Å². The van der Waals surface area contributed by atoms with Gasteiger partial charge < -0.3 is 9.52 Å². The van der Waals surface area contributed by atoms with E-state index in [1.807, 2.05) is 0 Å². The summed E-state index contributed by atoms with van der Waals surface area (Å²) in [6.45, 7) is 0. The summed E-state index contributed by atoms with van der Waals surface area (Å²) in [5, 5.41) is 10.1. The van der Waals surface area contributed by atoms with Crippen molar-refractivity contribution in [2.45, 2.75) is 0 Å². The van der Waals surface area contributed by atoms with Crippen LogP contribution in [-0.2, 0) is 0 Å². The number of aromatic hydroxyl groups is 1. The lowest BCUT2D eigenvalue weighted by Gasteiger charge is -2.00. The second-order valence-electron chi connectivity index (χ2n) is 2.64. The van der Waals surface area contributed by atoms with Gasteiger partial charge in [-0.05, 0) is 30.3 Å². The first-order chi connectivity index (χ1) is 6.27. The molecule has 0 aliphatic carbocycles. The van der Waals surface area contributed by atoms with Gasteiger partial charge in [0.25, 0.3) is 0 Å². The Morgan fingerprint density at radius 2 is 2.08 bits per heavy atom. The van der Waals surface area contributed by atoms with Crippen molar-refractivity contribution in [2.75, 3.05) is 0 Å². The summed E-state index contributed by atoms with van der Waals surface area (Å²) in [6.07, 6.45) is 1.55. The third-order valence-electron chi connectivity index (χ3n) is 1.75. The summed E-state index contributed by atoms with van der Waals surface area (Å²) in [5.74, 6) is 0.777. The van der Waals surface area contributed by atoms with Gasteiger partial charge in [0.1, 0.15) is 11.5 Å². The Labute approximate surface area is 80.4 Å². The molecular formula is C10H7ClO2. The minimum Gasteiger partial charge on any atom is -0.507 e. The molecule has 1 heterocycles. The average molecular weight is 195 g/mol. The quantitative estimate of drug-likeness (QED) is 0.756. The van der Waals surface area contributed by atoms with Crippen molar-refractivity contribution in [2.24, 2.45) is 0 Å². The minimum atomic E-state index is 0.166. The maximum absolute atomic E-state index is 9.49. The molecule has 0 aliphatic rings. The van der Waals surface area contributed by atoms with E-state index < -0.39 is 0 Å². The second-order valence-corrected chi connectivity index (χ2v) is 3.08. The number of rotatable bonds is 1. The molecule has 0 atom stereocenters. The van der Waals surface area contributed by atoms with E-state index in [2.05, 4.69) is 0 Å². The zero-order valence-electron chi connectivity index (χ0n) is 6.70. The predicted molar refractivity (Wildman–Crippen MR) is 50.8 cm³/mol. The second kappa shape index (κ2) is 3.15. The van der Waals surface area contributed by atoms with Crippen LogP contribution >= 0.6 is 11.6 Å². The first kappa shape index (κ1) is 8.20. The molecule has 0 spiro atoms. The van der Waals surface area contributed by atoms with Crippen molar-refractivity contribution in [3.63, 3.8) is 0 Å². The molecule has 2 nitrogen and oxygen atoms in total. The molecule has 1 aromatic heterocycles. The van der Waals surface area contributed by atoms with Crippen LogP contribution in [0.3, 0.4) is 0 Å². The molecule has 0 bridgehead atoms. The summed E-state index contributed by atoms with van der Waals surface area (Å²) in [7, 11) is 0. The first-order valence-electron chi connectivity index (χ1n) is 3.80. The van der Waals surface area contributed by atoms with Crippen LogP contribution in [-0.4, -0.2) is 5.11 Å². The van der Waals surface area contributed by atoms with Crippen LogP contribution in [0.25, 0.3) is 11.3 Å². The zero-order chi connectivity index (χ0) is 9.26. The number of phenols is 1. The molecule has 2 rings (SSSR count). The van der Waals surface area contributed by atoms with E-state index in [0.29, 0.717) is 16.3 Å². The highest BCUT2D eigenvalue weighted by Gasteiger charge is 2.06. The number of hydrogen-bond donors (Lipinski definition) is 1. The third kappa shape index (κ3) is 1.53. The molecule has 66 valence electrons. The van der Waals surface area contributed by atoms with Crippen molar-refractivity contribution in [3.05, 3.63) is 41.6 Å². The summed E-state index contributed by atoms with van der Waals surface area (Å²) in [5.41, 5.74) is 0.609. The fourth-order valence-electron chi connectivity index (χ4n) is 1.14. The van der Waals surface area contributed by atoms with Gasteiger partial charge in [-0.2, -0.15) is 0 Å². The van der Waals surface area contributed by atoms with Crippen LogP contribution in [0.5, 0.6) is 5.75 Å². The molecule has 0 unspecified atom stereocenters. The van der Waals surface area contributed by atoms with Crippen LogP contribution in [0.15, 0.2) is 41.0 Å². The maximum Gasteiger partial charge on any atom is 0.137 e. The lowest BCUT2D eigenvalue weighted by molar-refractivity contribution is 0.473. The summed E-state index contributed by atoms with van der Waals surface area (Å²) >= 11 is 5.78. The Bertz CT molecular complexity index is 407. The molecule has 1 aromatic carbocycles. The van der Waals surface area contributed by atoms with Crippen molar-refractivity contribution in [1.29, 1.82) is 0 Å². The molecule has 2 aromatic rings. The van der Waals surface area contributed by atoms with Crippen molar-refractivity contribution in [3.8, 4) is 17.1 Å². The SMILES string of the molecule is Oc1ccc(Cl)cc1-c1ccco1. The largest absolute Gasteiger partial charge is 0.507 e. The molecule has 0 aliphatic heterocycles. The topological polar surface area (TPSA) is 33.4 Å². The Morgan fingerprint density at radius 3 is 2.77 bits per heavy atom. The fraction of sp³-hybridized carbons (Fsp3) is 0. The lowest BCUT2D eigenvalue weighted by Crippen LogP contribution is -1.75. The van der Waals surface area contributed by atoms with E-state index in [4.69, 9.17) is 16.0 Å². The number of benzene rings is 1. The highest BCUT2D eigenvalue weighted by molar-refractivity contribution is 6.30. The Balaban J connectivity index is 2.57. The van der Waals surface area contributed by atoms with Gasteiger partial charge in [-0.3, -0.25) is 0 Å². The molecule has 1 N–H and O–H groups in total. The third-order valence-corrected chi connectivity index (χ3v) is 1.98. The number of halogens is 1. The molecular weight excluding hydrogens is 188 g/mol. The minimum absolute atomic E-state index is 0.166. The van der Waals surface area contributed by atoms with Gasteiger partial charge in [0, 0.05) is 5.02 Å². The highest BCUT2D eigenvalue weighted by atomic mass is 35.5. The molecule has 13 heavy (non-hydrogen) atoms. The van der Waals surface area contributed by atoms with Crippen LogP contribution in [0, 0.1) is 0 Å². The molecule has 0 amide bonds. The van der Waals surface area contributed by atoms with Crippen LogP contribution < -0.4 is 0 Å². The number of furan rings is 1. The maximum atomic E-state index is 9.49. The molecule has 0 radical (unpaired) electrons. The molecule has 0 saturated carbocycles. The summed E-state index contributed by atoms with van der Waals surface area (Å²) in [6, 6.07) is 8.36. The highest BCUT2D eigenvalue weighted by Crippen LogP contribution is 2.31. The van der Waals surface area contributed by atoms with Gasteiger partial charge in [0.2, 0.25) is 0 Å². The Hall–Kier alpha value is -1.41. The van der Waals surface area contributed by atoms with Gasteiger partial charge in [0.15, 0.2) is 0 Å². The van der Waals surface area contributed by atoms with Gasteiger partial charge in [-0.15, -0.1) is 0 Å². The number of hydrogen-bond acceptors (Lipinski definition) is 2. The normalized spacial score (nSPS) is 10.2. The Morgan fingerprint density at radius 1 is 1.23 bits per heavy atom. The van der Waals surface area contributed by atoms with E-state index >= 15 is 0 Å². The van der Waals surface area contributed by atoms with E-state index in [9.17, 15) is 5.11 Å². The molecule has 0 saturated heterocycles. The van der Waals surface area contributed by atoms with Gasteiger partial charge in [0.05, 0.1) is 11.8 Å². The zero-order valence-corrected chi connectivity index (χ0v) is 7.45. The summed E-state index contributed by atoms with van der Waals surface area (Å²) in [4.78, 5) is 0. The van der Waals surface area contributed by atoms with E-state index in [1.165, 1.54) is 0 Å². The van der Waals surface area contributed by atoms with Crippen LogP contribution in [0.4, 0.5) is 0 Å². The van der Waals surface area contributed by atoms with Gasteiger partial charge >= 0.3 is 0 Å². The van der Waals surface area contributed by atoms with E-state index in [-0.39, 0.29) is 5.75 Å². The molecule has 3 heteroatoms. The standard InChI is InChI=1S/C10H7ClO2/c11-7-3-4-9(12)8(6-7)10-2-1-5-13-10/h1-6,12H. The van der Waals surface area contributed by atoms with Gasteiger partial charge in [-0.1, -0.05) is 11.6 Å². The first-order valence-corrected chi connectivity index (χ1v) is 4.17. The van der Waals surface area contributed by atoms with Gasteiger partial charge in [-0.25, -0.2) is 0 Å². The smallest absolute Gasteiger partial charge is 0.137 e. The number of phenolic OH excluding ortho intramolecular Hbond substituents is 1. The fourth-order valence-corrected chi connectivity index (χ4v) is 1.31. The van der Waals surface area contributed by atoms with Crippen molar-refractivity contribution >= 4 is 11.6 Å². The average Bonchev–Trinajstić information content (AvgIpc) is 2.61. The van der Waals surface area contributed by atoms with Crippen molar-refractivity contribution in [1.82, 2.24) is 0 Å². The predicted octanol–water partition coefficient (Wildman–Crippen LogP) is 3.31. The van der Waals surface area contributed by atoms with Crippen molar-refractivity contribution < 1.29 is 9.52 Å². The van der Waals surface area contributed by atoms with E-state index in [0.717, 1.165) is 0 Å². The Kier molecular flexibility index (Phi) is 1.99. The molecule has 0 fully saturated rings. The monoisotopic (exact) mass is 194 g/mol. The lowest BCUT2D eigenvalue weighted by atomic mass is 10.1.